The second kappa shape index (κ2) is 9.12. The van der Waals surface area contributed by atoms with Gasteiger partial charge in [0.15, 0.2) is 5.82 Å². The highest BCUT2D eigenvalue weighted by Gasteiger charge is 2.17. The number of carbonyl (C=O) groups is 1. The lowest BCUT2D eigenvalue weighted by atomic mass is 10.2. The molecule has 0 atom stereocenters. The van der Waals surface area contributed by atoms with Gasteiger partial charge in [-0.3, -0.25) is 9.59 Å². The molecule has 1 fully saturated rings. The van der Waals surface area contributed by atoms with Crippen LogP contribution in [0.5, 0.6) is 5.75 Å². The Bertz CT molecular complexity index is 839. The molecule has 7 heteroatoms. The van der Waals surface area contributed by atoms with Gasteiger partial charge in [0.1, 0.15) is 18.1 Å². The molecule has 1 amide bonds. The number of aromatic nitrogens is 3. The topological polar surface area (TPSA) is 97.0 Å². The van der Waals surface area contributed by atoms with Crippen molar-refractivity contribution in [1.82, 2.24) is 20.5 Å². The number of aryl methyl sites for hydroxylation is 1. The number of nitrogens with zero attached hydrogens (tertiary/aromatic N) is 2. The maximum atomic E-state index is 12.3. The summed E-state index contributed by atoms with van der Waals surface area (Å²) in [6.07, 6.45) is 6.59. The van der Waals surface area contributed by atoms with Gasteiger partial charge in [-0.15, -0.1) is 10.2 Å². The maximum absolute atomic E-state index is 12.3. The first-order valence-corrected chi connectivity index (χ1v) is 9.25. The molecule has 1 aromatic heterocycles. The van der Waals surface area contributed by atoms with E-state index in [2.05, 4.69) is 27.1 Å². The molecule has 7 nitrogen and oxygen atoms in total. The predicted octanol–water partition coefficient (Wildman–Crippen LogP) is 2.39. The van der Waals surface area contributed by atoms with Gasteiger partial charge in [-0.2, -0.15) is 0 Å². The fourth-order valence-electron chi connectivity index (χ4n) is 3.12. The van der Waals surface area contributed by atoms with E-state index in [0.717, 1.165) is 18.4 Å². The molecule has 3 rings (SSSR count). The van der Waals surface area contributed by atoms with E-state index in [-0.39, 0.29) is 36.0 Å². The van der Waals surface area contributed by atoms with Gasteiger partial charge >= 0.3 is 0 Å². The van der Waals surface area contributed by atoms with Crippen LogP contribution in [-0.2, 0) is 11.2 Å². The van der Waals surface area contributed by atoms with E-state index < -0.39 is 0 Å². The predicted molar refractivity (Wildman–Crippen MR) is 103 cm³/mol. The van der Waals surface area contributed by atoms with Crippen molar-refractivity contribution >= 4 is 5.91 Å². The Balaban J connectivity index is 1.59. The minimum Gasteiger partial charge on any atom is -0.490 e. The lowest BCUT2D eigenvalue weighted by Gasteiger charge is -2.11. The van der Waals surface area contributed by atoms with E-state index in [1.165, 1.54) is 12.8 Å². The fourth-order valence-corrected chi connectivity index (χ4v) is 3.12. The van der Waals surface area contributed by atoms with Crippen LogP contribution in [0.2, 0.25) is 0 Å². The first kappa shape index (κ1) is 18.8. The number of nitrogens with one attached hydrogen (secondary N) is 2. The lowest BCUT2D eigenvalue weighted by molar-refractivity contribution is -0.121. The van der Waals surface area contributed by atoms with Gasteiger partial charge in [0, 0.05) is 24.4 Å². The van der Waals surface area contributed by atoms with Crippen LogP contribution in [0.1, 0.15) is 37.8 Å². The Morgan fingerprint density at radius 3 is 2.67 bits per heavy atom. The molecule has 1 aliphatic rings. The largest absolute Gasteiger partial charge is 0.490 e. The third-order valence-electron chi connectivity index (χ3n) is 4.57. The standard InChI is InChI=1S/C20H24N4O3/c1-2-13-27-16-9-7-14(8-10-16)19-22-20(26)17(23-24-19)11-12-18(25)21-15-5-3-4-6-15/h2,7-10,15H,1,3-6,11-13H2,(H,21,25)(H,22,24,26). The number of amides is 1. The van der Waals surface area contributed by atoms with Crippen molar-refractivity contribution in [1.29, 1.82) is 0 Å². The molecule has 0 unspecified atom stereocenters. The summed E-state index contributed by atoms with van der Waals surface area (Å²) < 4.78 is 5.43. The van der Waals surface area contributed by atoms with Crippen molar-refractivity contribution in [2.75, 3.05) is 6.61 Å². The number of carbonyl (C=O) groups excluding carboxylic acids is 1. The van der Waals surface area contributed by atoms with Gasteiger partial charge in [0.25, 0.3) is 5.56 Å². The van der Waals surface area contributed by atoms with E-state index in [0.29, 0.717) is 18.2 Å². The van der Waals surface area contributed by atoms with Crippen LogP contribution < -0.4 is 15.6 Å². The zero-order chi connectivity index (χ0) is 19.1. The van der Waals surface area contributed by atoms with Crippen molar-refractivity contribution in [3.8, 4) is 17.1 Å². The molecular formula is C20H24N4O3. The second-order valence-electron chi connectivity index (χ2n) is 6.62. The first-order chi connectivity index (χ1) is 13.2. The maximum Gasteiger partial charge on any atom is 0.273 e. The Kier molecular flexibility index (Phi) is 6.35. The molecule has 142 valence electrons. The Hall–Kier alpha value is -2.96. The zero-order valence-corrected chi connectivity index (χ0v) is 15.2. The van der Waals surface area contributed by atoms with E-state index in [4.69, 9.17) is 4.74 Å². The van der Waals surface area contributed by atoms with E-state index in [1.54, 1.807) is 30.3 Å². The van der Waals surface area contributed by atoms with Gasteiger partial charge in [0.2, 0.25) is 5.91 Å². The quantitative estimate of drug-likeness (QED) is 0.697. The van der Waals surface area contributed by atoms with Crippen molar-refractivity contribution in [3.05, 3.63) is 53.0 Å². The molecule has 0 radical (unpaired) electrons. The Morgan fingerprint density at radius 2 is 2.00 bits per heavy atom. The number of aromatic amines is 1. The number of benzene rings is 1. The zero-order valence-electron chi connectivity index (χ0n) is 15.2. The van der Waals surface area contributed by atoms with Crippen molar-refractivity contribution in [2.24, 2.45) is 0 Å². The van der Waals surface area contributed by atoms with Gasteiger partial charge in [-0.25, -0.2) is 0 Å². The summed E-state index contributed by atoms with van der Waals surface area (Å²) in [6.45, 7) is 4.03. The Morgan fingerprint density at radius 1 is 1.26 bits per heavy atom. The molecule has 1 aromatic carbocycles. The first-order valence-electron chi connectivity index (χ1n) is 9.25. The summed E-state index contributed by atoms with van der Waals surface area (Å²) in [5.74, 6) is 1.05. The molecular weight excluding hydrogens is 344 g/mol. The van der Waals surface area contributed by atoms with Gasteiger partial charge in [0.05, 0.1) is 0 Å². The molecule has 1 saturated carbocycles. The van der Waals surface area contributed by atoms with Gasteiger partial charge < -0.3 is 15.0 Å². The SMILES string of the molecule is C=CCOc1ccc(-c2nnc(CCC(=O)NC3CCCC3)c(=O)[nH]2)cc1. The van der Waals surface area contributed by atoms with Gasteiger partial charge in [-0.1, -0.05) is 25.5 Å². The normalized spacial score (nSPS) is 14.1. The summed E-state index contributed by atoms with van der Waals surface area (Å²) in [5, 5.41) is 11.1. The van der Waals surface area contributed by atoms with Crippen LogP contribution in [0.25, 0.3) is 11.4 Å². The van der Waals surface area contributed by atoms with Crippen LogP contribution in [-0.4, -0.2) is 33.7 Å². The van der Waals surface area contributed by atoms with Gasteiger partial charge in [-0.05, 0) is 37.1 Å². The average Bonchev–Trinajstić information content (AvgIpc) is 3.18. The van der Waals surface area contributed by atoms with Crippen molar-refractivity contribution in [2.45, 2.75) is 44.6 Å². The third-order valence-corrected chi connectivity index (χ3v) is 4.57. The van der Waals surface area contributed by atoms with Crippen LogP contribution >= 0.6 is 0 Å². The van der Waals surface area contributed by atoms with Crippen LogP contribution in [0.4, 0.5) is 0 Å². The summed E-state index contributed by atoms with van der Waals surface area (Å²) in [7, 11) is 0. The molecule has 0 bridgehead atoms. The molecule has 2 N–H and O–H groups in total. The van der Waals surface area contributed by atoms with Crippen molar-refractivity contribution in [3.63, 3.8) is 0 Å². The third kappa shape index (κ3) is 5.26. The number of rotatable bonds is 8. The van der Waals surface area contributed by atoms with Crippen molar-refractivity contribution < 1.29 is 9.53 Å². The van der Waals surface area contributed by atoms with Crippen LogP contribution in [0, 0.1) is 0 Å². The van der Waals surface area contributed by atoms with E-state index in [1.807, 2.05) is 0 Å². The minimum atomic E-state index is -0.319. The molecule has 27 heavy (non-hydrogen) atoms. The highest BCUT2D eigenvalue weighted by Crippen LogP contribution is 2.19. The number of hydrogen-bond donors (Lipinski definition) is 2. The number of hydrogen-bond acceptors (Lipinski definition) is 5. The molecule has 0 spiro atoms. The molecule has 1 heterocycles. The average molecular weight is 368 g/mol. The van der Waals surface area contributed by atoms with Crippen LogP contribution in [0.3, 0.4) is 0 Å². The fraction of sp³-hybridized carbons (Fsp3) is 0.400. The summed E-state index contributed by atoms with van der Waals surface area (Å²) in [5.41, 5.74) is 0.683. The highest BCUT2D eigenvalue weighted by molar-refractivity contribution is 5.76. The smallest absolute Gasteiger partial charge is 0.273 e. The lowest BCUT2D eigenvalue weighted by Crippen LogP contribution is -2.33. The monoisotopic (exact) mass is 368 g/mol. The number of H-pyrrole nitrogens is 1. The number of ether oxygens (including phenoxy) is 1. The molecule has 0 saturated heterocycles. The molecule has 0 aliphatic heterocycles. The highest BCUT2D eigenvalue weighted by atomic mass is 16.5. The molecule has 2 aromatic rings. The van der Waals surface area contributed by atoms with E-state index >= 15 is 0 Å². The minimum absolute atomic E-state index is 0.0395. The second-order valence-corrected chi connectivity index (χ2v) is 6.62. The Labute approximate surface area is 157 Å². The molecule has 1 aliphatic carbocycles. The van der Waals surface area contributed by atoms with E-state index in [9.17, 15) is 9.59 Å². The summed E-state index contributed by atoms with van der Waals surface area (Å²) in [6, 6.07) is 7.46. The van der Waals surface area contributed by atoms with Crippen LogP contribution in [0.15, 0.2) is 41.7 Å². The summed E-state index contributed by atoms with van der Waals surface area (Å²) >= 11 is 0. The summed E-state index contributed by atoms with van der Waals surface area (Å²) in [4.78, 5) is 27.0.